The van der Waals surface area contributed by atoms with Gasteiger partial charge in [0.2, 0.25) is 5.88 Å². The third kappa shape index (κ3) is 3.65. The Hall–Kier alpha value is -1.65. The summed E-state index contributed by atoms with van der Waals surface area (Å²) in [6, 6.07) is 6.35. The van der Waals surface area contributed by atoms with Crippen LogP contribution in [0.25, 0.3) is 0 Å². The monoisotopic (exact) mass is 352 g/mol. The fourth-order valence-electron chi connectivity index (χ4n) is 2.96. The number of rotatable bonds is 3. The summed E-state index contributed by atoms with van der Waals surface area (Å²) in [5.41, 5.74) is 6.84. The summed E-state index contributed by atoms with van der Waals surface area (Å²) >= 11 is 12.3. The number of benzene rings is 1. The third-order valence-electron chi connectivity index (χ3n) is 4.10. The highest BCUT2D eigenvalue weighted by molar-refractivity contribution is 6.37. The van der Waals surface area contributed by atoms with E-state index in [0.29, 0.717) is 33.1 Å². The quantitative estimate of drug-likeness (QED) is 0.713. The van der Waals surface area contributed by atoms with E-state index in [4.69, 9.17) is 33.7 Å². The minimum absolute atomic E-state index is 0.207. The summed E-state index contributed by atoms with van der Waals surface area (Å²) in [6.07, 6.45) is 5.63. The first kappa shape index (κ1) is 16.2. The lowest BCUT2D eigenvalue weighted by Gasteiger charge is -2.22. The Bertz CT molecular complexity index is 693. The van der Waals surface area contributed by atoms with Crippen molar-refractivity contribution >= 4 is 28.9 Å². The summed E-state index contributed by atoms with van der Waals surface area (Å²) in [5.74, 6) is 1.15. The van der Waals surface area contributed by atoms with Gasteiger partial charge in [-0.15, -0.1) is 0 Å². The van der Waals surface area contributed by atoms with Crippen LogP contribution in [0.1, 0.15) is 43.7 Å². The number of aromatic hydroxyl groups is 1. The number of pyridine rings is 1. The van der Waals surface area contributed by atoms with Crippen molar-refractivity contribution in [2.24, 2.45) is 0 Å². The first-order valence-corrected chi connectivity index (χ1v) is 8.42. The van der Waals surface area contributed by atoms with E-state index < -0.39 is 0 Å². The van der Waals surface area contributed by atoms with Crippen molar-refractivity contribution in [1.82, 2.24) is 4.98 Å². The predicted octanol–water partition coefficient (Wildman–Crippen LogP) is 5.52. The van der Waals surface area contributed by atoms with Gasteiger partial charge in [0.05, 0.1) is 15.7 Å². The minimum Gasteiger partial charge on any atom is -0.506 e. The van der Waals surface area contributed by atoms with Crippen LogP contribution in [0.2, 0.25) is 10.0 Å². The molecule has 2 aromatic rings. The average molecular weight is 353 g/mol. The molecule has 1 aromatic carbocycles. The number of ether oxygens (including phenoxy) is 1. The molecule has 1 aliphatic rings. The zero-order chi connectivity index (χ0) is 16.4. The molecular weight excluding hydrogens is 335 g/mol. The van der Waals surface area contributed by atoms with Gasteiger partial charge in [-0.1, -0.05) is 42.5 Å². The minimum atomic E-state index is 0.207. The second-order valence-electron chi connectivity index (χ2n) is 5.80. The summed E-state index contributed by atoms with van der Waals surface area (Å²) in [7, 11) is 0. The molecule has 4 nitrogen and oxygen atoms in total. The number of nitrogens with two attached hydrogens (primary N) is 1. The van der Waals surface area contributed by atoms with Gasteiger partial charge in [-0.3, -0.25) is 0 Å². The lowest BCUT2D eigenvalue weighted by molar-refractivity contribution is 0.394. The highest BCUT2D eigenvalue weighted by atomic mass is 35.5. The van der Waals surface area contributed by atoms with Gasteiger partial charge in [0, 0.05) is 17.7 Å². The van der Waals surface area contributed by atoms with E-state index in [1.807, 2.05) is 0 Å². The number of hydrogen-bond donors (Lipinski definition) is 2. The molecule has 1 fully saturated rings. The summed E-state index contributed by atoms with van der Waals surface area (Å²) in [5, 5.41) is 10.8. The van der Waals surface area contributed by atoms with Crippen LogP contribution in [0.4, 0.5) is 5.69 Å². The second kappa shape index (κ2) is 6.85. The molecule has 0 atom stereocenters. The van der Waals surface area contributed by atoms with E-state index >= 15 is 0 Å². The molecule has 0 amide bonds. The molecule has 3 N–H and O–H groups in total. The SMILES string of the molecule is Nc1cc(Cl)c(Oc2ccc(O)c(C3CCCCC3)n2)c(Cl)c1. The Morgan fingerprint density at radius 2 is 1.74 bits per heavy atom. The molecule has 0 radical (unpaired) electrons. The average Bonchev–Trinajstić information content (AvgIpc) is 2.53. The third-order valence-corrected chi connectivity index (χ3v) is 4.66. The Labute approximate surface area is 145 Å². The topological polar surface area (TPSA) is 68.4 Å². The van der Waals surface area contributed by atoms with Gasteiger partial charge in [0.1, 0.15) is 5.75 Å². The molecule has 122 valence electrons. The van der Waals surface area contributed by atoms with Crippen LogP contribution in [-0.2, 0) is 0 Å². The number of halogens is 2. The van der Waals surface area contributed by atoms with Crippen LogP contribution in [0, 0.1) is 0 Å². The Balaban J connectivity index is 1.89. The Kier molecular flexibility index (Phi) is 4.83. The summed E-state index contributed by atoms with van der Waals surface area (Å²) in [4.78, 5) is 4.48. The van der Waals surface area contributed by atoms with Crippen molar-refractivity contribution in [3.05, 3.63) is 40.0 Å². The van der Waals surface area contributed by atoms with Gasteiger partial charge in [-0.25, -0.2) is 4.98 Å². The number of nitrogen functional groups attached to an aromatic ring is 1. The van der Waals surface area contributed by atoms with Gasteiger partial charge in [0.25, 0.3) is 0 Å². The molecule has 1 saturated carbocycles. The molecule has 1 aromatic heterocycles. The predicted molar refractivity (Wildman–Crippen MR) is 92.7 cm³/mol. The molecule has 3 rings (SSSR count). The van der Waals surface area contributed by atoms with E-state index in [1.165, 1.54) is 6.42 Å². The van der Waals surface area contributed by atoms with Crippen LogP contribution in [0.15, 0.2) is 24.3 Å². The van der Waals surface area contributed by atoms with Crippen molar-refractivity contribution in [1.29, 1.82) is 0 Å². The van der Waals surface area contributed by atoms with Gasteiger partial charge >= 0.3 is 0 Å². The normalized spacial score (nSPS) is 15.6. The first-order valence-electron chi connectivity index (χ1n) is 7.67. The Morgan fingerprint density at radius 1 is 1.09 bits per heavy atom. The molecule has 1 aliphatic carbocycles. The van der Waals surface area contributed by atoms with Crippen molar-refractivity contribution < 1.29 is 9.84 Å². The lowest BCUT2D eigenvalue weighted by atomic mass is 9.86. The molecule has 0 saturated heterocycles. The van der Waals surface area contributed by atoms with Crippen LogP contribution >= 0.6 is 23.2 Å². The maximum atomic E-state index is 10.1. The zero-order valence-electron chi connectivity index (χ0n) is 12.6. The highest BCUT2D eigenvalue weighted by Crippen LogP contribution is 2.40. The summed E-state index contributed by atoms with van der Waals surface area (Å²) < 4.78 is 5.74. The highest BCUT2D eigenvalue weighted by Gasteiger charge is 2.21. The number of aromatic nitrogens is 1. The second-order valence-corrected chi connectivity index (χ2v) is 6.62. The number of anilines is 1. The van der Waals surface area contributed by atoms with E-state index in [0.717, 1.165) is 25.7 Å². The van der Waals surface area contributed by atoms with Gasteiger partial charge < -0.3 is 15.6 Å². The maximum absolute atomic E-state index is 10.1. The summed E-state index contributed by atoms with van der Waals surface area (Å²) in [6.45, 7) is 0. The van der Waals surface area contributed by atoms with Gasteiger partial charge in [0.15, 0.2) is 5.75 Å². The fourth-order valence-corrected chi connectivity index (χ4v) is 3.54. The molecule has 0 bridgehead atoms. The molecule has 0 unspecified atom stereocenters. The smallest absolute Gasteiger partial charge is 0.219 e. The van der Waals surface area contributed by atoms with Crippen LogP contribution < -0.4 is 10.5 Å². The van der Waals surface area contributed by atoms with Crippen molar-refractivity contribution in [2.45, 2.75) is 38.0 Å². The van der Waals surface area contributed by atoms with E-state index in [2.05, 4.69) is 4.98 Å². The first-order chi connectivity index (χ1) is 11.0. The lowest BCUT2D eigenvalue weighted by Crippen LogP contribution is -2.07. The Morgan fingerprint density at radius 3 is 2.39 bits per heavy atom. The van der Waals surface area contributed by atoms with E-state index in [-0.39, 0.29) is 11.7 Å². The van der Waals surface area contributed by atoms with Crippen molar-refractivity contribution in [2.75, 3.05) is 5.73 Å². The van der Waals surface area contributed by atoms with Gasteiger partial charge in [-0.05, 0) is 31.0 Å². The van der Waals surface area contributed by atoms with Crippen molar-refractivity contribution in [3.63, 3.8) is 0 Å². The standard InChI is InChI=1S/C17H18Cl2N2O2/c18-12-8-11(20)9-13(19)17(12)23-15-7-6-14(22)16(21-15)10-4-2-1-3-5-10/h6-10,22H,1-5,20H2. The molecule has 23 heavy (non-hydrogen) atoms. The molecule has 1 heterocycles. The molecule has 6 heteroatoms. The van der Waals surface area contributed by atoms with E-state index in [1.54, 1.807) is 24.3 Å². The molecular formula is C17H18Cl2N2O2. The molecule has 0 spiro atoms. The molecule has 0 aliphatic heterocycles. The van der Waals surface area contributed by atoms with Crippen LogP contribution in [0.5, 0.6) is 17.4 Å². The maximum Gasteiger partial charge on any atom is 0.219 e. The zero-order valence-corrected chi connectivity index (χ0v) is 14.1. The van der Waals surface area contributed by atoms with Crippen molar-refractivity contribution in [3.8, 4) is 17.4 Å². The number of nitrogens with zero attached hydrogens (tertiary/aromatic N) is 1. The largest absolute Gasteiger partial charge is 0.506 e. The fraction of sp³-hybridized carbons (Fsp3) is 0.353. The van der Waals surface area contributed by atoms with Crippen LogP contribution in [-0.4, -0.2) is 10.1 Å². The van der Waals surface area contributed by atoms with Crippen LogP contribution in [0.3, 0.4) is 0 Å². The number of hydrogen-bond acceptors (Lipinski definition) is 4. The van der Waals surface area contributed by atoms with Gasteiger partial charge in [-0.2, -0.15) is 0 Å². The van der Waals surface area contributed by atoms with E-state index in [9.17, 15) is 5.11 Å².